The highest BCUT2D eigenvalue weighted by atomic mass is 16.3. The maximum Gasteiger partial charge on any atom is 0.239 e. The Balaban J connectivity index is 1.78. The molecule has 2 rings (SSSR count). The summed E-state index contributed by atoms with van der Waals surface area (Å²) in [5.41, 5.74) is 0. The third-order valence-electron chi connectivity index (χ3n) is 3.20. The molecular formula is C13H20N2O2. The van der Waals surface area contributed by atoms with E-state index in [4.69, 9.17) is 4.42 Å². The minimum absolute atomic E-state index is 0.141. The molecule has 94 valence electrons. The molecule has 17 heavy (non-hydrogen) atoms. The number of carbonyl (C=O) groups is 1. The van der Waals surface area contributed by atoms with E-state index in [0.29, 0.717) is 6.54 Å². The van der Waals surface area contributed by atoms with Crippen LogP contribution in [0.15, 0.2) is 22.8 Å². The molecule has 1 amide bonds. The van der Waals surface area contributed by atoms with Gasteiger partial charge in [-0.2, -0.15) is 0 Å². The van der Waals surface area contributed by atoms with Gasteiger partial charge in [0, 0.05) is 13.1 Å². The van der Waals surface area contributed by atoms with Crippen LogP contribution in [-0.4, -0.2) is 29.9 Å². The van der Waals surface area contributed by atoms with Crippen LogP contribution in [0.1, 0.15) is 31.9 Å². The molecular weight excluding hydrogens is 216 g/mol. The maximum absolute atomic E-state index is 12.1. The van der Waals surface area contributed by atoms with Gasteiger partial charge in [0.15, 0.2) is 0 Å². The van der Waals surface area contributed by atoms with Gasteiger partial charge in [0.2, 0.25) is 5.91 Å². The second kappa shape index (κ2) is 5.87. The summed E-state index contributed by atoms with van der Waals surface area (Å²) in [5, 5.41) is 3.20. The molecule has 1 atom stereocenters. The molecule has 4 heteroatoms. The summed E-state index contributed by atoms with van der Waals surface area (Å²) < 4.78 is 5.22. The summed E-state index contributed by atoms with van der Waals surface area (Å²) >= 11 is 0. The highest BCUT2D eigenvalue weighted by molar-refractivity contribution is 5.81. The number of hydrogen-bond acceptors (Lipinski definition) is 3. The zero-order chi connectivity index (χ0) is 12.1. The SMILES string of the molecule is CC(NCc1ccco1)C(=O)N1CCCCC1. The van der Waals surface area contributed by atoms with Gasteiger partial charge >= 0.3 is 0 Å². The normalized spacial score (nSPS) is 18.1. The molecule has 0 spiro atoms. The maximum atomic E-state index is 12.1. The summed E-state index contributed by atoms with van der Waals surface area (Å²) in [6.07, 6.45) is 5.17. The van der Waals surface area contributed by atoms with Gasteiger partial charge in [-0.25, -0.2) is 0 Å². The third kappa shape index (κ3) is 3.33. The lowest BCUT2D eigenvalue weighted by atomic mass is 10.1. The van der Waals surface area contributed by atoms with E-state index in [-0.39, 0.29) is 11.9 Å². The molecule has 0 aromatic carbocycles. The van der Waals surface area contributed by atoms with Crippen LogP contribution in [0, 0.1) is 0 Å². The molecule has 1 unspecified atom stereocenters. The average molecular weight is 236 g/mol. The Morgan fingerprint density at radius 2 is 2.24 bits per heavy atom. The van der Waals surface area contributed by atoms with Crippen molar-refractivity contribution in [3.05, 3.63) is 24.2 Å². The van der Waals surface area contributed by atoms with Gasteiger partial charge in [-0.05, 0) is 38.3 Å². The molecule has 1 aromatic heterocycles. The van der Waals surface area contributed by atoms with Gasteiger partial charge in [-0.3, -0.25) is 10.1 Å². The lowest BCUT2D eigenvalue weighted by Crippen LogP contribution is -2.46. The van der Waals surface area contributed by atoms with Crippen LogP contribution in [0.2, 0.25) is 0 Å². The van der Waals surface area contributed by atoms with Crippen molar-refractivity contribution in [3.63, 3.8) is 0 Å². The zero-order valence-electron chi connectivity index (χ0n) is 10.3. The second-order valence-corrected chi connectivity index (χ2v) is 4.57. The van der Waals surface area contributed by atoms with E-state index in [1.165, 1.54) is 6.42 Å². The Labute approximate surface area is 102 Å². The molecule has 1 N–H and O–H groups in total. The van der Waals surface area contributed by atoms with Gasteiger partial charge in [-0.1, -0.05) is 0 Å². The first-order valence-electron chi connectivity index (χ1n) is 6.32. The Morgan fingerprint density at radius 1 is 1.47 bits per heavy atom. The Kier molecular flexibility index (Phi) is 4.20. The van der Waals surface area contributed by atoms with Crippen LogP contribution in [-0.2, 0) is 11.3 Å². The first-order valence-corrected chi connectivity index (χ1v) is 6.32. The van der Waals surface area contributed by atoms with Crippen LogP contribution in [0.25, 0.3) is 0 Å². The molecule has 1 aromatic rings. The van der Waals surface area contributed by atoms with Crippen molar-refractivity contribution >= 4 is 5.91 Å². The average Bonchev–Trinajstić information content (AvgIpc) is 2.89. The molecule has 0 radical (unpaired) electrons. The Bertz CT molecular complexity index is 342. The zero-order valence-corrected chi connectivity index (χ0v) is 10.3. The van der Waals surface area contributed by atoms with Crippen molar-refractivity contribution in [3.8, 4) is 0 Å². The molecule has 4 nitrogen and oxygen atoms in total. The fourth-order valence-corrected chi connectivity index (χ4v) is 2.14. The molecule has 1 aliphatic heterocycles. The van der Waals surface area contributed by atoms with Crippen LogP contribution in [0.4, 0.5) is 0 Å². The van der Waals surface area contributed by atoms with Crippen molar-refractivity contribution in [1.29, 1.82) is 0 Å². The Morgan fingerprint density at radius 3 is 2.88 bits per heavy atom. The van der Waals surface area contributed by atoms with Crippen molar-refractivity contribution in [2.75, 3.05) is 13.1 Å². The van der Waals surface area contributed by atoms with E-state index in [2.05, 4.69) is 5.32 Å². The summed E-state index contributed by atoms with van der Waals surface area (Å²) in [4.78, 5) is 14.1. The van der Waals surface area contributed by atoms with Crippen LogP contribution >= 0.6 is 0 Å². The fourth-order valence-electron chi connectivity index (χ4n) is 2.14. The highest BCUT2D eigenvalue weighted by Gasteiger charge is 2.21. The number of hydrogen-bond donors (Lipinski definition) is 1. The number of nitrogens with zero attached hydrogens (tertiary/aromatic N) is 1. The van der Waals surface area contributed by atoms with E-state index < -0.39 is 0 Å². The van der Waals surface area contributed by atoms with Gasteiger partial charge in [0.1, 0.15) is 5.76 Å². The van der Waals surface area contributed by atoms with Crippen LogP contribution in [0.5, 0.6) is 0 Å². The summed E-state index contributed by atoms with van der Waals surface area (Å²) in [6.45, 7) is 4.34. The van der Waals surface area contributed by atoms with Crippen molar-refractivity contribution in [2.24, 2.45) is 0 Å². The lowest BCUT2D eigenvalue weighted by Gasteiger charge is -2.29. The van der Waals surface area contributed by atoms with E-state index in [1.807, 2.05) is 24.0 Å². The Hall–Kier alpha value is -1.29. The number of rotatable bonds is 4. The van der Waals surface area contributed by atoms with Crippen molar-refractivity contribution in [2.45, 2.75) is 38.8 Å². The first-order chi connectivity index (χ1) is 8.27. The predicted molar refractivity (Wildman–Crippen MR) is 65.4 cm³/mol. The summed E-state index contributed by atoms with van der Waals surface area (Å²) in [5.74, 6) is 1.07. The molecule has 1 aliphatic rings. The quantitative estimate of drug-likeness (QED) is 0.866. The molecule has 1 saturated heterocycles. The molecule has 1 fully saturated rings. The molecule has 2 heterocycles. The van der Waals surface area contributed by atoms with Crippen LogP contribution < -0.4 is 5.32 Å². The topological polar surface area (TPSA) is 45.5 Å². The van der Waals surface area contributed by atoms with E-state index >= 15 is 0 Å². The predicted octanol–water partition coefficient (Wildman–Crippen LogP) is 1.77. The van der Waals surface area contributed by atoms with E-state index in [0.717, 1.165) is 31.7 Å². The number of furan rings is 1. The van der Waals surface area contributed by atoms with Crippen LogP contribution in [0.3, 0.4) is 0 Å². The fraction of sp³-hybridized carbons (Fsp3) is 0.615. The van der Waals surface area contributed by atoms with Gasteiger partial charge in [0.25, 0.3) is 0 Å². The van der Waals surface area contributed by atoms with E-state index in [1.54, 1.807) is 6.26 Å². The second-order valence-electron chi connectivity index (χ2n) is 4.57. The minimum atomic E-state index is -0.141. The number of piperidine rings is 1. The monoisotopic (exact) mass is 236 g/mol. The molecule has 0 saturated carbocycles. The largest absolute Gasteiger partial charge is 0.468 e. The standard InChI is InChI=1S/C13H20N2O2/c1-11(14-10-12-6-5-9-17-12)13(16)15-7-3-2-4-8-15/h5-6,9,11,14H,2-4,7-8,10H2,1H3. The summed E-state index contributed by atoms with van der Waals surface area (Å²) in [6, 6.07) is 3.62. The van der Waals surface area contributed by atoms with Crippen molar-refractivity contribution in [1.82, 2.24) is 10.2 Å². The number of amides is 1. The number of likely N-dealkylation sites (tertiary alicyclic amines) is 1. The molecule has 0 bridgehead atoms. The van der Waals surface area contributed by atoms with E-state index in [9.17, 15) is 4.79 Å². The smallest absolute Gasteiger partial charge is 0.239 e. The van der Waals surface area contributed by atoms with Gasteiger partial charge in [0.05, 0.1) is 18.8 Å². The van der Waals surface area contributed by atoms with Gasteiger partial charge in [-0.15, -0.1) is 0 Å². The minimum Gasteiger partial charge on any atom is -0.468 e. The third-order valence-corrected chi connectivity index (χ3v) is 3.20. The lowest BCUT2D eigenvalue weighted by molar-refractivity contribution is -0.134. The number of nitrogens with one attached hydrogen (secondary N) is 1. The summed E-state index contributed by atoms with van der Waals surface area (Å²) in [7, 11) is 0. The highest BCUT2D eigenvalue weighted by Crippen LogP contribution is 2.10. The van der Waals surface area contributed by atoms with Crippen molar-refractivity contribution < 1.29 is 9.21 Å². The first kappa shape index (κ1) is 12.2. The van der Waals surface area contributed by atoms with Gasteiger partial charge < -0.3 is 9.32 Å². The molecule has 0 aliphatic carbocycles. The number of carbonyl (C=O) groups excluding carboxylic acids is 1.